The van der Waals surface area contributed by atoms with Crippen molar-refractivity contribution in [1.29, 1.82) is 0 Å². The van der Waals surface area contributed by atoms with E-state index in [0.29, 0.717) is 24.4 Å². The minimum Gasteiger partial charge on any atom is -0.369 e. The minimum absolute atomic E-state index is 0.676. The number of rotatable bonds is 0. The molecular weight excluding hydrogens is 152 g/mol. The Labute approximate surface area is 71.2 Å². The van der Waals surface area contributed by atoms with Gasteiger partial charge in [-0.2, -0.15) is 0 Å². The predicted octanol–water partition coefficient (Wildman–Crippen LogP) is 0.807. The van der Waals surface area contributed by atoms with E-state index in [4.69, 9.17) is 9.47 Å². The molecule has 0 aromatic rings. The van der Waals surface area contributed by atoms with Crippen molar-refractivity contribution in [2.24, 2.45) is 23.7 Å². The van der Waals surface area contributed by atoms with Crippen molar-refractivity contribution in [2.45, 2.75) is 37.3 Å². The lowest BCUT2D eigenvalue weighted by Gasteiger charge is -2.22. The highest BCUT2D eigenvalue weighted by Crippen LogP contribution is 2.69. The fourth-order valence-corrected chi connectivity index (χ4v) is 4.58. The Morgan fingerprint density at radius 3 is 2.67 bits per heavy atom. The van der Waals surface area contributed by atoms with Crippen molar-refractivity contribution in [2.75, 3.05) is 0 Å². The van der Waals surface area contributed by atoms with Crippen LogP contribution in [0, 0.1) is 23.7 Å². The number of hydrogen-bond acceptors (Lipinski definition) is 2. The van der Waals surface area contributed by atoms with Gasteiger partial charge in [-0.15, -0.1) is 0 Å². The second-order valence-corrected chi connectivity index (χ2v) is 5.24. The highest BCUT2D eigenvalue weighted by atomic mass is 16.6. The Bertz CT molecular complexity index is 273. The van der Waals surface area contributed by atoms with Crippen LogP contribution in [0.5, 0.6) is 0 Å². The molecule has 0 N–H and O–H groups in total. The van der Waals surface area contributed by atoms with Gasteiger partial charge in [0.05, 0.1) is 24.4 Å². The normalized spacial score (nSPS) is 80.0. The molecule has 12 heavy (non-hydrogen) atoms. The summed E-state index contributed by atoms with van der Waals surface area (Å²) < 4.78 is 11.3. The lowest BCUT2D eigenvalue weighted by molar-refractivity contribution is 0.162. The van der Waals surface area contributed by atoms with Gasteiger partial charge >= 0.3 is 0 Å². The molecule has 5 rings (SSSR count). The van der Waals surface area contributed by atoms with Gasteiger partial charge in [0.1, 0.15) is 0 Å². The van der Waals surface area contributed by atoms with E-state index in [2.05, 4.69) is 0 Å². The summed E-state index contributed by atoms with van der Waals surface area (Å²) in [4.78, 5) is 0. The summed E-state index contributed by atoms with van der Waals surface area (Å²) in [6.07, 6.45) is 5.58. The smallest absolute Gasteiger partial charge is 0.0876 e. The third-order valence-electron chi connectivity index (χ3n) is 4.99. The second kappa shape index (κ2) is 1.38. The highest BCUT2D eigenvalue weighted by Gasteiger charge is 2.74. The molecule has 0 aromatic carbocycles. The average molecular weight is 164 g/mol. The Hall–Kier alpha value is -0.0800. The zero-order chi connectivity index (χ0) is 7.45. The predicted molar refractivity (Wildman–Crippen MR) is 40.5 cm³/mol. The first-order chi connectivity index (χ1) is 5.93. The summed E-state index contributed by atoms with van der Waals surface area (Å²) in [5.74, 6) is 3.77. The molecule has 64 valence electrons. The van der Waals surface area contributed by atoms with E-state index in [1.807, 2.05) is 0 Å². The Balaban J connectivity index is 1.66. The number of ether oxygens (including phenoxy) is 2. The van der Waals surface area contributed by atoms with Crippen molar-refractivity contribution in [3.63, 3.8) is 0 Å². The molecule has 0 spiro atoms. The molecule has 2 nitrogen and oxygen atoms in total. The SMILES string of the molecule is C1[C@H]2[C@@H]3C[C@H]4O[C@@H]4[C@@H]3[C@@H]1[C@H]1O[C@H]21. The van der Waals surface area contributed by atoms with Crippen LogP contribution in [0.2, 0.25) is 0 Å². The maximum Gasteiger partial charge on any atom is 0.0876 e. The molecule has 2 heteroatoms. The standard InChI is InChI=1S/C10H12O2/c1-4-3-2-6-10(11-6)7(3)5(1)9-8(4)12-9/h3-10H,1-2H2/t3-,4-,5+,6+,7-,8+,9+,10-/m0/s1. The van der Waals surface area contributed by atoms with Gasteiger partial charge in [0, 0.05) is 0 Å². The molecule has 3 saturated carbocycles. The first-order valence-corrected chi connectivity index (χ1v) is 5.24. The fourth-order valence-electron chi connectivity index (χ4n) is 4.58. The molecule has 3 aliphatic carbocycles. The number of fused-ring (bicyclic) bond motifs is 10. The van der Waals surface area contributed by atoms with E-state index in [9.17, 15) is 0 Å². The van der Waals surface area contributed by atoms with Crippen LogP contribution in [0.4, 0.5) is 0 Å². The lowest BCUT2D eigenvalue weighted by atomic mass is 9.81. The maximum absolute atomic E-state index is 5.69. The lowest BCUT2D eigenvalue weighted by Crippen LogP contribution is -2.27. The van der Waals surface area contributed by atoms with Gasteiger partial charge in [-0.05, 0) is 36.5 Å². The minimum atomic E-state index is 0.676. The van der Waals surface area contributed by atoms with Crippen LogP contribution < -0.4 is 0 Å². The summed E-state index contributed by atoms with van der Waals surface area (Å²) in [5, 5.41) is 0. The Kier molecular flexibility index (Phi) is 0.644. The third-order valence-corrected chi connectivity index (χ3v) is 4.99. The fraction of sp³-hybridized carbons (Fsp3) is 1.00. The molecule has 0 amide bonds. The van der Waals surface area contributed by atoms with E-state index in [-0.39, 0.29) is 0 Å². The van der Waals surface area contributed by atoms with Gasteiger partial charge in [0.25, 0.3) is 0 Å². The van der Waals surface area contributed by atoms with Crippen LogP contribution in [-0.2, 0) is 9.47 Å². The van der Waals surface area contributed by atoms with Crippen molar-refractivity contribution in [1.82, 2.24) is 0 Å². The largest absolute Gasteiger partial charge is 0.369 e. The van der Waals surface area contributed by atoms with Gasteiger partial charge in [-0.1, -0.05) is 0 Å². The summed E-state index contributed by atoms with van der Waals surface area (Å²) in [5.41, 5.74) is 0. The van der Waals surface area contributed by atoms with Crippen LogP contribution in [0.15, 0.2) is 0 Å². The van der Waals surface area contributed by atoms with Gasteiger partial charge < -0.3 is 9.47 Å². The molecule has 2 aliphatic heterocycles. The maximum atomic E-state index is 5.69. The Morgan fingerprint density at radius 2 is 1.67 bits per heavy atom. The summed E-state index contributed by atoms with van der Waals surface area (Å²) in [7, 11) is 0. The van der Waals surface area contributed by atoms with Crippen LogP contribution in [0.1, 0.15) is 12.8 Å². The van der Waals surface area contributed by atoms with E-state index in [0.717, 1.165) is 23.7 Å². The second-order valence-electron chi connectivity index (χ2n) is 5.24. The van der Waals surface area contributed by atoms with Crippen LogP contribution >= 0.6 is 0 Å². The quantitative estimate of drug-likeness (QED) is 0.495. The van der Waals surface area contributed by atoms with Crippen LogP contribution in [-0.4, -0.2) is 24.4 Å². The van der Waals surface area contributed by atoms with Gasteiger partial charge in [0.15, 0.2) is 0 Å². The van der Waals surface area contributed by atoms with E-state index in [1.165, 1.54) is 12.8 Å². The van der Waals surface area contributed by atoms with Crippen molar-refractivity contribution in [3.8, 4) is 0 Å². The summed E-state index contributed by atoms with van der Waals surface area (Å²) in [6, 6.07) is 0. The van der Waals surface area contributed by atoms with E-state index >= 15 is 0 Å². The molecule has 5 fully saturated rings. The number of hydrogen-bond donors (Lipinski definition) is 0. The molecule has 2 heterocycles. The molecule has 2 bridgehead atoms. The van der Waals surface area contributed by atoms with Gasteiger partial charge in [-0.3, -0.25) is 0 Å². The Morgan fingerprint density at radius 1 is 0.750 bits per heavy atom. The molecule has 0 unspecified atom stereocenters. The highest BCUT2D eigenvalue weighted by molar-refractivity contribution is 5.21. The molecule has 5 aliphatic rings. The number of epoxide rings is 2. The molecule has 2 saturated heterocycles. The van der Waals surface area contributed by atoms with E-state index < -0.39 is 0 Å². The van der Waals surface area contributed by atoms with Crippen molar-refractivity contribution < 1.29 is 9.47 Å². The van der Waals surface area contributed by atoms with Crippen molar-refractivity contribution in [3.05, 3.63) is 0 Å². The van der Waals surface area contributed by atoms with Crippen molar-refractivity contribution >= 4 is 0 Å². The molecule has 0 aromatic heterocycles. The van der Waals surface area contributed by atoms with Crippen LogP contribution in [0.3, 0.4) is 0 Å². The first-order valence-electron chi connectivity index (χ1n) is 5.24. The van der Waals surface area contributed by atoms with Gasteiger partial charge in [0.2, 0.25) is 0 Å². The molecule has 8 atom stereocenters. The van der Waals surface area contributed by atoms with Crippen LogP contribution in [0.25, 0.3) is 0 Å². The average Bonchev–Trinajstić information content (AvgIpc) is 2.92. The molecular formula is C10H12O2. The summed E-state index contributed by atoms with van der Waals surface area (Å²) in [6.45, 7) is 0. The zero-order valence-electron chi connectivity index (χ0n) is 6.85. The monoisotopic (exact) mass is 164 g/mol. The molecule has 0 radical (unpaired) electrons. The van der Waals surface area contributed by atoms with E-state index in [1.54, 1.807) is 0 Å². The first kappa shape index (κ1) is 5.61. The zero-order valence-corrected chi connectivity index (χ0v) is 6.85. The van der Waals surface area contributed by atoms with Gasteiger partial charge in [-0.25, -0.2) is 0 Å². The summed E-state index contributed by atoms with van der Waals surface area (Å²) >= 11 is 0. The third kappa shape index (κ3) is 0.409. The topological polar surface area (TPSA) is 25.1 Å².